The van der Waals surface area contributed by atoms with E-state index in [1.165, 1.54) is 12.1 Å². The number of nitrogens with zero attached hydrogens (tertiary/aromatic N) is 1. The maximum atomic E-state index is 14.2. The summed E-state index contributed by atoms with van der Waals surface area (Å²) < 4.78 is 19.7. The Morgan fingerprint density at radius 3 is 3.00 bits per heavy atom. The van der Waals surface area contributed by atoms with Crippen molar-refractivity contribution in [3.8, 4) is 5.75 Å². The third kappa shape index (κ3) is 4.76. The number of benzene rings is 1. The van der Waals surface area contributed by atoms with E-state index in [1.54, 1.807) is 12.3 Å². The number of hydrogen-bond donors (Lipinski definition) is 2. The van der Waals surface area contributed by atoms with Crippen molar-refractivity contribution in [2.45, 2.75) is 32.4 Å². The summed E-state index contributed by atoms with van der Waals surface area (Å²) in [6.07, 6.45) is 3.25. The van der Waals surface area contributed by atoms with Gasteiger partial charge in [0.2, 0.25) is 5.91 Å². The molecule has 1 aromatic carbocycles. The molecule has 1 saturated heterocycles. The minimum Gasteiger partial charge on any atom is -0.484 e. The van der Waals surface area contributed by atoms with Crippen LogP contribution in [0.2, 0.25) is 0 Å². The van der Waals surface area contributed by atoms with Crippen LogP contribution in [0.15, 0.2) is 42.6 Å². The lowest BCUT2D eigenvalue weighted by molar-refractivity contribution is -0.120. The van der Waals surface area contributed by atoms with Gasteiger partial charge >= 0.3 is 0 Å². The molecular weight excluding hydrogens is 321 g/mol. The zero-order chi connectivity index (χ0) is 17.6. The van der Waals surface area contributed by atoms with Crippen molar-refractivity contribution in [2.24, 2.45) is 5.92 Å². The van der Waals surface area contributed by atoms with E-state index in [0.29, 0.717) is 11.7 Å². The average molecular weight is 343 g/mol. The quantitative estimate of drug-likeness (QED) is 0.875. The Balaban J connectivity index is 1.58. The predicted octanol–water partition coefficient (Wildman–Crippen LogP) is 3.13. The summed E-state index contributed by atoms with van der Waals surface area (Å²) in [5.41, 5.74) is 1.16. The molecule has 0 spiro atoms. The van der Waals surface area contributed by atoms with Crippen LogP contribution in [0.5, 0.6) is 5.75 Å². The lowest BCUT2D eigenvalue weighted by atomic mass is 9.92. The lowest BCUT2D eigenvalue weighted by Crippen LogP contribution is -2.40. The number of rotatable bonds is 5. The second kappa shape index (κ2) is 8.07. The van der Waals surface area contributed by atoms with E-state index < -0.39 is 5.82 Å². The lowest BCUT2D eigenvalue weighted by Gasteiger charge is -2.27. The monoisotopic (exact) mass is 343 g/mol. The fourth-order valence-electron chi connectivity index (χ4n) is 2.95. The summed E-state index contributed by atoms with van der Waals surface area (Å²) in [5.74, 6) is -0.471. The maximum absolute atomic E-state index is 14.2. The molecule has 132 valence electrons. The summed E-state index contributed by atoms with van der Waals surface area (Å²) in [7, 11) is 0. The minimum atomic E-state index is -0.507. The van der Waals surface area contributed by atoms with E-state index in [1.807, 2.05) is 18.2 Å². The van der Waals surface area contributed by atoms with Crippen molar-refractivity contribution in [2.75, 3.05) is 11.9 Å². The molecule has 25 heavy (non-hydrogen) atoms. The van der Waals surface area contributed by atoms with Crippen molar-refractivity contribution < 1.29 is 13.9 Å². The Labute approximate surface area is 146 Å². The average Bonchev–Trinajstić information content (AvgIpc) is 2.62. The zero-order valence-corrected chi connectivity index (χ0v) is 14.2. The molecule has 2 N–H and O–H groups in total. The SMILES string of the molecule is C[C@H]1C[C@@H](C(=O)Nc2ccc(OCc3ccccn3)c(F)c2)CCN1. The predicted molar refractivity (Wildman–Crippen MR) is 93.8 cm³/mol. The smallest absolute Gasteiger partial charge is 0.227 e. The molecule has 2 atom stereocenters. The number of anilines is 1. The van der Waals surface area contributed by atoms with E-state index in [2.05, 4.69) is 22.5 Å². The number of piperidine rings is 1. The molecule has 0 saturated carbocycles. The van der Waals surface area contributed by atoms with Gasteiger partial charge in [0.1, 0.15) is 6.61 Å². The molecule has 0 bridgehead atoms. The Morgan fingerprint density at radius 2 is 2.28 bits per heavy atom. The highest BCUT2D eigenvalue weighted by atomic mass is 19.1. The van der Waals surface area contributed by atoms with Crippen molar-refractivity contribution in [1.29, 1.82) is 0 Å². The molecule has 1 aliphatic heterocycles. The normalized spacial score (nSPS) is 20.1. The largest absolute Gasteiger partial charge is 0.484 e. The van der Waals surface area contributed by atoms with E-state index in [-0.39, 0.29) is 24.2 Å². The zero-order valence-electron chi connectivity index (χ0n) is 14.2. The molecular formula is C19H22FN3O2. The first-order chi connectivity index (χ1) is 12.1. The van der Waals surface area contributed by atoms with Crippen LogP contribution in [-0.2, 0) is 11.4 Å². The van der Waals surface area contributed by atoms with E-state index in [9.17, 15) is 9.18 Å². The fraction of sp³-hybridized carbons (Fsp3) is 0.368. The molecule has 3 rings (SSSR count). The molecule has 1 amide bonds. The van der Waals surface area contributed by atoms with Crippen LogP contribution < -0.4 is 15.4 Å². The van der Waals surface area contributed by atoms with Gasteiger partial charge in [0, 0.05) is 29.9 Å². The summed E-state index contributed by atoms with van der Waals surface area (Å²) in [5, 5.41) is 6.11. The minimum absolute atomic E-state index is 0.0422. The molecule has 0 radical (unpaired) electrons. The highest BCUT2D eigenvalue weighted by molar-refractivity contribution is 5.92. The fourth-order valence-corrected chi connectivity index (χ4v) is 2.95. The molecule has 2 heterocycles. The van der Waals surface area contributed by atoms with Crippen LogP contribution in [-0.4, -0.2) is 23.5 Å². The standard InChI is InChI=1S/C19H22FN3O2/c1-13-10-14(7-9-21-13)19(24)23-15-5-6-18(17(20)11-15)25-12-16-4-2-3-8-22-16/h2-6,8,11,13-14,21H,7,9-10,12H2,1H3,(H,23,24)/t13-,14-/m0/s1. The number of hydrogen-bond acceptors (Lipinski definition) is 4. The van der Waals surface area contributed by atoms with Gasteiger partial charge in [-0.1, -0.05) is 6.07 Å². The first kappa shape index (κ1) is 17.4. The molecule has 0 aliphatic carbocycles. The highest BCUT2D eigenvalue weighted by Crippen LogP contribution is 2.24. The van der Waals surface area contributed by atoms with Gasteiger partial charge in [-0.05, 0) is 50.6 Å². The molecule has 0 unspecified atom stereocenters. The van der Waals surface area contributed by atoms with Crippen molar-refractivity contribution in [3.05, 3.63) is 54.1 Å². The Kier molecular flexibility index (Phi) is 5.60. The van der Waals surface area contributed by atoms with Gasteiger partial charge in [-0.2, -0.15) is 0 Å². The van der Waals surface area contributed by atoms with Gasteiger partial charge in [0.25, 0.3) is 0 Å². The second-order valence-corrected chi connectivity index (χ2v) is 6.32. The molecule has 6 heteroatoms. The number of carbonyl (C=O) groups is 1. The van der Waals surface area contributed by atoms with Crippen molar-refractivity contribution >= 4 is 11.6 Å². The molecule has 1 aliphatic rings. The van der Waals surface area contributed by atoms with Gasteiger partial charge in [0.05, 0.1) is 5.69 Å². The number of pyridine rings is 1. The van der Waals surface area contributed by atoms with Gasteiger partial charge in [-0.25, -0.2) is 4.39 Å². The van der Waals surface area contributed by atoms with Gasteiger partial charge < -0.3 is 15.4 Å². The van der Waals surface area contributed by atoms with Crippen molar-refractivity contribution in [3.63, 3.8) is 0 Å². The summed E-state index contributed by atoms with van der Waals surface area (Å²) in [6, 6.07) is 10.3. The van der Waals surface area contributed by atoms with Crippen LogP contribution in [0, 0.1) is 11.7 Å². The van der Waals surface area contributed by atoms with Crippen LogP contribution in [0.25, 0.3) is 0 Å². The number of aromatic nitrogens is 1. The molecule has 1 aromatic heterocycles. The van der Waals surface area contributed by atoms with E-state index in [0.717, 1.165) is 25.1 Å². The Morgan fingerprint density at radius 1 is 1.40 bits per heavy atom. The van der Waals surface area contributed by atoms with Gasteiger partial charge in [0.15, 0.2) is 11.6 Å². The van der Waals surface area contributed by atoms with Crippen LogP contribution >= 0.6 is 0 Å². The Hall–Kier alpha value is -2.47. The second-order valence-electron chi connectivity index (χ2n) is 6.32. The highest BCUT2D eigenvalue weighted by Gasteiger charge is 2.24. The molecule has 5 nitrogen and oxygen atoms in total. The third-order valence-electron chi connectivity index (χ3n) is 4.30. The maximum Gasteiger partial charge on any atom is 0.227 e. The van der Waals surface area contributed by atoms with Crippen LogP contribution in [0.4, 0.5) is 10.1 Å². The van der Waals surface area contributed by atoms with Crippen LogP contribution in [0.3, 0.4) is 0 Å². The number of carbonyl (C=O) groups excluding carboxylic acids is 1. The first-order valence-electron chi connectivity index (χ1n) is 8.48. The Bertz CT molecular complexity index is 724. The number of ether oxygens (including phenoxy) is 1. The van der Waals surface area contributed by atoms with Crippen LogP contribution in [0.1, 0.15) is 25.5 Å². The number of amides is 1. The molecule has 2 aromatic rings. The third-order valence-corrected chi connectivity index (χ3v) is 4.30. The summed E-state index contributed by atoms with van der Waals surface area (Å²) >= 11 is 0. The first-order valence-corrected chi connectivity index (χ1v) is 8.48. The van der Waals surface area contributed by atoms with Gasteiger partial charge in [-0.3, -0.25) is 9.78 Å². The van der Waals surface area contributed by atoms with Gasteiger partial charge in [-0.15, -0.1) is 0 Å². The number of nitrogens with one attached hydrogen (secondary N) is 2. The summed E-state index contributed by atoms with van der Waals surface area (Å²) in [4.78, 5) is 16.4. The van der Waals surface area contributed by atoms with Crippen molar-refractivity contribution in [1.82, 2.24) is 10.3 Å². The number of halogens is 1. The topological polar surface area (TPSA) is 63.2 Å². The van der Waals surface area contributed by atoms with E-state index >= 15 is 0 Å². The molecule has 1 fully saturated rings. The van der Waals surface area contributed by atoms with E-state index in [4.69, 9.17) is 4.74 Å². The summed E-state index contributed by atoms with van der Waals surface area (Å²) in [6.45, 7) is 3.08.